The van der Waals surface area contributed by atoms with Crippen molar-refractivity contribution in [2.75, 3.05) is 0 Å². The first-order chi connectivity index (χ1) is 26.5. The van der Waals surface area contributed by atoms with Gasteiger partial charge in [-0.15, -0.1) is 0 Å². The van der Waals surface area contributed by atoms with Gasteiger partial charge in [0.2, 0.25) is 0 Å². The van der Waals surface area contributed by atoms with Gasteiger partial charge in [0.15, 0.2) is 5.82 Å². The molecule has 0 saturated carbocycles. The Morgan fingerprint density at radius 3 is 1.89 bits per heavy atom. The molecule has 8 aromatic carbocycles. The molecule has 0 aliphatic heterocycles. The normalized spacial score (nSPS) is 13.1. The number of aromatic nitrogens is 2. The lowest BCUT2D eigenvalue weighted by molar-refractivity contribution is 0.661. The fourth-order valence-corrected chi connectivity index (χ4v) is 8.86. The summed E-state index contributed by atoms with van der Waals surface area (Å²) in [6, 6.07) is 60.5. The summed E-state index contributed by atoms with van der Waals surface area (Å²) < 4.78 is 6.30. The third-order valence-electron chi connectivity index (χ3n) is 11.5. The summed E-state index contributed by atoms with van der Waals surface area (Å²) >= 11 is 0. The van der Waals surface area contributed by atoms with Crippen molar-refractivity contribution < 1.29 is 4.42 Å². The van der Waals surface area contributed by atoms with Gasteiger partial charge >= 0.3 is 0 Å². The standard InChI is InChI=1S/C51H34N2O/c1-51(2)42-21-12-20-40(49(42)48-34-16-7-6-13-31(34)24-28-43(48)51)37-26-27-41(36-18-9-8-17-35(36)37)50-52-44(32-14-4-3-5-15-32)30-45(53-50)33-23-25-39-38-19-10-11-22-46(38)54-47(39)29-33/h3-30H,1-2H3. The van der Waals surface area contributed by atoms with Crippen molar-refractivity contribution in [1.29, 1.82) is 0 Å². The van der Waals surface area contributed by atoms with E-state index in [9.17, 15) is 0 Å². The molecule has 0 amide bonds. The second-order valence-electron chi connectivity index (χ2n) is 14.9. The molecular weight excluding hydrogens is 657 g/mol. The molecule has 0 radical (unpaired) electrons. The molecule has 54 heavy (non-hydrogen) atoms. The third-order valence-corrected chi connectivity index (χ3v) is 11.5. The first kappa shape index (κ1) is 30.8. The molecule has 3 heteroatoms. The van der Waals surface area contributed by atoms with Gasteiger partial charge < -0.3 is 4.42 Å². The lowest BCUT2D eigenvalue weighted by atomic mass is 9.81. The predicted molar refractivity (Wildman–Crippen MR) is 224 cm³/mol. The summed E-state index contributed by atoms with van der Waals surface area (Å²) in [7, 11) is 0. The minimum absolute atomic E-state index is 0.117. The number of para-hydroxylation sites is 1. The van der Waals surface area contributed by atoms with Crippen LogP contribution < -0.4 is 0 Å². The van der Waals surface area contributed by atoms with E-state index in [-0.39, 0.29) is 5.41 Å². The predicted octanol–water partition coefficient (Wildman–Crippen LogP) is 13.7. The Hall–Kier alpha value is -6.84. The highest BCUT2D eigenvalue weighted by atomic mass is 16.3. The van der Waals surface area contributed by atoms with Gasteiger partial charge in [0.1, 0.15) is 11.2 Å². The number of furan rings is 1. The van der Waals surface area contributed by atoms with Gasteiger partial charge in [0.05, 0.1) is 11.4 Å². The Kier molecular flexibility index (Phi) is 6.60. The van der Waals surface area contributed by atoms with Crippen LogP contribution in [0.2, 0.25) is 0 Å². The van der Waals surface area contributed by atoms with Gasteiger partial charge in [0.25, 0.3) is 0 Å². The average Bonchev–Trinajstić information content (AvgIpc) is 3.72. The molecule has 0 unspecified atom stereocenters. The van der Waals surface area contributed by atoms with Crippen molar-refractivity contribution >= 4 is 43.5 Å². The summed E-state index contributed by atoms with van der Waals surface area (Å²) in [6.07, 6.45) is 0. The van der Waals surface area contributed by atoms with Crippen LogP contribution in [0.4, 0.5) is 0 Å². The number of hydrogen-bond acceptors (Lipinski definition) is 3. The molecule has 0 spiro atoms. The summed E-state index contributed by atoms with van der Waals surface area (Å²) in [4.78, 5) is 10.6. The number of hydrogen-bond donors (Lipinski definition) is 0. The fraction of sp³-hybridized carbons (Fsp3) is 0.0588. The molecule has 1 aliphatic carbocycles. The van der Waals surface area contributed by atoms with Crippen molar-refractivity contribution in [3.63, 3.8) is 0 Å². The van der Waals surface area contributed by atoms with Crippen molar-refractivity contribution in [1.82, 2.24) is 9.97 Å². The molecule has 1 aliphatic rings. The minimum Gasteiger partial charge on any atom is -0.456 e. The van der Waals surface area contributed by atoms with Crippen LogP contribution in [-0.4, -0.2) is 9.97 Å². The Balaban J connectivity index is 1.12. The number of benzene rings is 8. The van der Waals surface area contributed by atoms with E-state index in [1.165, 1.54) is 49.5 Å². The molecule has 2 heterocycles. The molecule has 2 aromatic heterocycles. The van der Waals surface area contributed by atoms with E-state index in [4.69, 9.17) is 14.4 Å². The maximum Gasteiger partial charge on any atom is 0.161 e. The van der Waals surface area contributed by atoms with Crippen LogP contribution in [0, 0.1) is 0 Å². The molecule has 0 N–H and O–H groups in total. The topological polar surface area (TPSA) is 38.9 Å². The highest BCUT2D eigenvalue weighted by molar-refractivity contribution is 6.11. The number of nitrogens with zero attached hydrogens (tertiary/aromatic N) is 2. The highest BCUT2D eigenvalue weighted by Gasteiger charge is 2.38. The van der Waals surface area contributed by atoms with Gasteiger partial charge in [-0.05, 0) is 85.3 Å². The maximum atomic E-state index is 6.30. The molecular formula is C51H34N2O. The van der Waals surface area contributed by atoms with Crippen molar-refractivity contribution in [2.45, 2.75) is 19.3 Å². The molecule has 10 aromatic rings. The molecule has 3 nitrogen and oxygen atoms in total. The largest absolute Gasteiger partial charge is 0.456 e. The first-order valence-electron chi connectivity index (χ1n) is 18.6. The minimum atomic E-state index is -0.117. The zero-order valence-electron chi connectivity index (χ0n) is 30.0. The van der Waals surface area contributed by atoms with E-state index in [0.717, 1.165) is 55.4 Å². The van der Waals surface area contributed by atoms with Crippen LogP contribution in [0.25, 0.3) is 99.6 Å². The third kappa shape index (κ3) is 4.55. The van der Waals surface area contributed by atoms with Crippen LogP contribution in [-0.2, 0) is 5.41 Å². The Morgan fingerprint density at radius 2 is 1.06 bits per heavy atom. The average molecular weight is 691 g/mol. The number of rotatable bonds is 4. The van der Waals surface area contributed by atoms with E-state index in [2.05, 4.69) is 166 Å². The van der Waals surface area contributed by atoms with Crippen molar-refractivity contribution in [2.24, 2.45) is 0 Å². The zero-order chi connectivity index (χ0) is 36.0. The van der Waals surface area contributed by atoms with Gasteiger partial charge in [0, 0.05) is 32.9 Å². The summed E-state index contributed by atoms with van der Waals surface area (Å²) in [5.74, 6) is 0.689. The molecule has 0 fully saturated rings. The molecule has 0 bridgehead atoms. The van der Waals surface area contributed by atoms with E-state index >= 15 is 0 Å². The number of fused-ring (bicyclic) bond motifs is 9. The monoisotopic (exact) mass is 690 g/mol. The lowest BCUT2D eigenvalue weighted by Gasteiger charge is -2.22. The molecule has 11 rings (SSSR count). The van der Waals surface area contributed by atoms with Gasteiger partial charge in [-0.25, -0.2) is 9.97 Å². The molecule has 0 atom stereocenters. The fourth-order valence-electron chi connectivity index (χ4n) is 8.86. The zero-order valence-corrected chi connectivity index (χ0v) is 30.0. The highest BCUT2D eigenvalue weighted by Crippen LogP contribution is 2.55. The van der Waals surface area contributed by atoms with Crippen LogP contribution >= 0.6 is 0 Å². The maximum absolute atomic E-state index is 6.30. The van der Waals surface area contributed by atoms with E-state index in [0.29, 0.717) is 5.82 Å². The van der Waals surface area contributed by atoms with E-state index in [1.54, 1.807) is 0 Å². The van der Waals surface area contributed by atoms with Gasteiger partial charge in [-0.3, -0.25) is 0 Å². The van der Waals surface area contributed by atoms with E-state index < -0.39 is 0 Å². The Morgan fingerprint density at radius 1 is 0.407 bits per heavy atom. The van der Waals surface area contributed by atoms with Crippen LogP contribution in [0.1, 0.15) is 25.0 Å². The SMILES string of the molecule is CC1(C)c2cccc(-c3ccc(-c4nc(-c5ccccc5)cc(-c5ccc6c(c5)oc5ccccc56)n4)c4ccccc34)c2-c2c1ccc1ccccc21. The van der Waals surface area contributed by atoms with Gasteiger partial charge in [-0.2, -0.15) is 0 Å². The van der Waals surface area contributed by atoms with Crippen LogP contribution in [0.15, 0.2) is 174 Å². The second kappa shape index (κ2) is 11.6. The quantitative estimate of drug-likeness (QED) is 0.184. The van der Waals surface area contributed by atoms with Crippen LogP contribution in [0.3, 0.4) is 0 Å². The summed E-state index contributed by atoms with van der Waals surface area (Å²) in [6.45, 7) is 4.72. The Bertz CT molecular complexity index is 3130. The smallest absolute Gasteiger partial charge is 0.161 e. The lowest BCUT2D eigenvalue weighted by Crippen LogP contribution is -2.14. The Labute approximate surface area is 313 Å². The van der Waals surface area contributed by atoms with Crippen molar-refractivity contribution in [3.05, 3.63) is 181 Å². The first-order valence-corrected chi connectivity index (χ1v) is 18.6. The summed E-state index contributed by atoms with van der Waals surface area (Å²) in [5, 5.41) is 7.07. The molecule has 254 valence electrons. The molecule has 0 saturated heterocycles. The second-order valence-corrected chi connectivity index (χ2v) is 14.9. The van der Waals surface area contributed by atoms with Crippen LogP contribution in [0.5, 0.6) is 0 Å². The van der Waals surface area contributed by atoms with Gasteiger partial charge in [-0.1, -0.05) is 153 Å². The van der Waals surface area contributed by atoms with E-state index in [1.807, 2.05) is 18.2 Å². The van der Waals surface area contributed by atoms with Crippen molar-refractivity contribution in [3.8, 4) is 56.2 Å². The summed E-state index contributed by atoms with van der Waals surface area (Å²) in [5.41, 5.74) is 14.2.